The van der Waals surface area contributed by atoms with Gasteiger partial charge in [-0.25, -0.2) is 0 Å². The van der Waals surface area contributed by atoms with E-state index in [0.29, 0.717) is 6.42 Å². The molecule has 0 bridgehead atoms. The van der Waals surface area contributed by atoms with Crippen LogP contribution in [0.4, 0.5) is 0 Å². The van der Waals surface area contributed by atoms with E-state index in [4.69, 9.17) is 4.52 Å². The molecule has 0 spiro atoms. The van der Waals surface area contributed by atoms with Crippen molar-refractivity contribution in [3.8, 4) is 0 Å². The maximum atomic E-state index is 12.2. The summed E-state index contributed by atoms with van der Waals surface area (Å²) in [5, 5.41) is 7.20. The number of piperazine rings is 1. The lowest BCUT2D eigenvalue weighted by molar-refractivity contribution is -0.133. The van der Waals surface area contributed by atoms with Crippen LogP contribution in [0.1, 0.15) is 30.4 Å². The Morgan fingerprint density at radius 1 is 1.56 bits per heavy atom. The summed E-state index contributed by atoms with van der Waals surface area (Å²) in [6.45, 7) is 8.48. The molecule has 0 radical (unpaired) electrons. The Kier molecular flexibility index (Phi) is 4.01. The Balaban J connectivity index is 1.92. The van der Waals surface area contributed by atoms with Gasteiger partial charge in [0.2, 0.25) is 5.91 Å². The summed E-state index contributed by atoms with van der Waals surface area (Å²) < 4.78 is 5.11. The Hall–Kier alpha value is -1.36. The van der Waals surface area contributed by atoms with Crippen LogP contribution in [-0.4, -0.2) is 41.6 Å². The molecule has 2 heterocycles. The summed E-state index contributed by atoms with van der Waals surface area (Å²) in [7, 11) is 0. The maximum Gasteiger partial charge on any atom is 0.223 e. The summed E-state index contributed by atoms with van der Waals surface area (Å²) in [6.07, 6.45) is 1.25. The molecule has 1 N–H and O–H groups in total. The van der Waals surface area contributed by atoms with Crippen molar-refractivity contribution in [3.05, 3.63) is 17.0 Å². The van der Waals surface area contributed by atoms with Gasteiger partial charge in [0.25, 0.3) is 0 Å². The van der Waals surface area contributed by atoms with E-state index in [2.05, 4.69) is 17.4 Å². The summed E-state index contributed by atoms with van der Waals surface area (Å²) in [4.78, 5) is 14.1. The number of carbonyl (C=O) groups excluding carboxylic acids is 1. The van der Waals surface area contributed by atoms with Gasteiger partial charge >= 0.3 is 0 Å². The van der Waals surface area contributed by atoms with Crippen molar-refractivity contribution in [1.29, 1.82) is 0 Å². The van der Waals surface area contributed by atoms with Gasteiger partial charge in [0.1, 0.15) is 5.76 Å². The second-order valence-electron chi connectivity index (χ2n) is 4.94. The van der Waals surface area contributed by atoms with Crippen LogP contribution < -0.4 is 5.32 Å². The molecule has 1 aliphatic rings. The molecule has 0 aromatic carbocycles. The second-order valence-corrected chi connectivity index (χ2v) is 4.94. The number of aryl methyl sites for hydroxylation is 2. The van der Waals surface area contributed by atoms with E-state index in [0.717, 1.165) is 43.1 Å². The van der Waals surface area contributed by atoms with E-state index >= 15 is 0 Å². The van der Waals surface area contributed by atoms with Crippen LogP contribution in [0.5, 0.6) is 0 Å². The summed E-state index contributed by atoms with van der Waals surface area (Å²) >= 11 is 0. The van der Waals surface area contributed by atoms with Gasteiger partial charge in [-0.3, -0.25) is 4.79 Å². The number of hydrogen-bond donors (Lipinski definition) is 1. The Labute approximate surface area is 108 Å². The van der Waals surface area contributed by atoms with E-state index in [9.17, 15) is 4.79 Å². The van der Waals surface area contributed by atoms with E-state index in [1.165, 1.54) is 0 Å². The number of amides is 1. The van der Waals surface area contributed by atoms with Crippen molar-refractivity contribution in [2.24, 2.45) is 0 Å². The first-order valence-corrected chi connectivity index (χ1v) is 6.51. The molecule has 1 aliphatic heterocycles. The molecule has 1 atom stereocenters. The Morgan fingerprint density at radius 3 is 2.94 bits per heavy atom. The van der Waals surface area contributed by atoms with Crippen LogP contribution in [0.15, 0.2) is 4.52 Å². The molecule has 5 heteroatoms. The lowest BCUT2D eigenvalue weighted by atomic mass is 10.1. The summed E-state index contributed by atoms with van der Waals surface area (Å²) in [6, 6.07) is 0.288. The van der Waals surface area contributed by atoms with E-state index < -0.39 is 0 Å². The van der Waals surface area contributed by atoms with Gasteiger partial charge in [-0.15, -0.1) is 0 Å². The standard InChI is InChI=1S/C13H21N3O2/c1-9-8-14-6-7-16(9)13(17)5-4-12-10(2)15-18-11(12)3/h9,14H,4-8H2,1-3H3/t9-/m1/s1. The van der Waals surface area contributed by atoms with Crippen LogP contribution in [0.25, 0.3) is 0 Å². The van der Waals surface area contributed by atoms with Crippen LogP contribution in [0.3, 0.4) is 0 Å². The minimum absolute atomic E-state index is 0.226. The highest BCUT2D eigenvalue weighted by Crippen LogP contribution is 2.15. The lowest BCUT2D eigenvalue weighted by Gasteiger charge is -2.34. The normalized spacial score (nSPS) is 20.2. The minimum Gasteiger partial charge on any atom is -0.361 e. The quantitative estimate of drug-likeness (QED) is 0.872. The molecule has 100 valence electrons. The zero-order valence-corrected chi connectivity index (χ0v) is 11.3. The van der Waals surface area contributed by atoms with Crippen molar-refractivity contribution in [2.75, 3.05) is 19.6 Å². The van der Waals surface area contributed by atoms with Crippen LogP contribution in [0.2, 0.25) is 0 Å². The molecule has 18 heavy (non-hydrogen) atoms. The zero-order chi connectivity index (χ0) is 13.1. The smallest absolute Gasteiger partial charge is 0.223 e. The van der Waals surface area contributed by atoms with E-state index in [-0.39, 0.29) is 11.9 Å². The highest BCUT2D eigenvalue weighted by Gasteiger charge is 2.23. The molecule has 5 nitrogen and oxygen atoms in total. The average Bonchev–Trinajstić information content (AvgIpc) is 2.67. The third-order valence-corrected chi connectivity index (χ3v) is 3.59. The van der Waals surface area contributed by atoms with Crippen molar-refractivity contribution in [1.82, 2.24) is 15.4 Å². The van der Waals surface area contributed by atoms with Gasteiger partial charge in [0, 0.05) is 37.7 Å². The predicted octanol–water partition coefficient (Wildman–Crippen LogP) is 1.04. The average molecular weight is 251 g/mol. The number of aromatic nitrogens is 1. The van der Waals surface area contributed by atoms with E-state index in [1.54, 1.807) is 0 Å². The topological polar surface area (TPSA) is 58.4 Å². The molecule has 1 saturated heterocycles. The van der Waals surface area contributed by atoms with Crippen molar-refractivity contribution >= 4 is 5.91 Å². The van der Waals surface area contributed by atoms with Gasteiger partial charge in [-0.2, -0.15) is 0 Å². The molecule has 2 rings (SSSR count). The molecule has 0 aliphatic carbocycles. The fourth-order valence-electron chi connectivity index (χ4n) is 2.45. The fraction of sp³-hybridized carbons (Fsp3) is 0.692. The molecule has 1 aromatic rings. The van der Waals surface area contributed by atoms with Gasteiger partial charge in [0.15, 0.2) is 0 Å². The highest BCUT2D eigenvalue weighted by molar-refractivity contribution is 5.77. The molecule has 0 unspecified atom stereocenters. The minimum atomic E-state index is 0.226. The van der Waals surface area contributed by atoms with Crippen LogP contribution in [-0.2, 0) is 11.2 Å². The van der Waals surface area contributed by atoms with Gasteiger partial charge < -0.3 is 14.7 Å². The third kappa shape index (κ3) is 2.72. The highest BCUT2D eigenvalue weighted by atomic mass is 16.5. The number of nitrogens with one attached hydrogen (secondary N) is 1. The Bertz CT molecular complexity index is 408. The summed E-state index contributed by atoms with van der Waals surface area (Å²) in [5.74, 6) is 1.05. The fourth-order valence-corrected chi connectivity index (χ4v) is 2.45. The first-order valence-electron chi connectivity index (χ1n) is 6.51. The largest absolute Gasteiger partial charge is 0.361 e. The zero-order valence-electron chi connectivity index (χ0n) is 11.3. The van der Waals surface area contributed by atoms with Crippen LogP contribution >= 0.6 is 0 Å². The number of hydrogen-bond acceptors (Lipinski definition) is 4. The molecule has 1 aromatic heterocycles. The predicted molar refractivity (Wildman–Crippen MR) is 68.3 cm³/mol. The molecule has 1 fully saturated rings. The maximum absolute atomic E-state index is 12.2. The Morgan fingerprint density at radius 2 is 2.33 bits per heavy atom. The van der Waals surface area contributed by atoms with Crippen molar-refractivity contribution < 1.29 is 9.32 Å². The first kappa shape index (κ1) is 13.1. The monoisotopic (exact) mass is 251 g/mol. The lowest BCUT2D eigenvalue weighted by Crippen LogP contribution is -2.52. The van der Waals surface area contributed by atoms with E-state index in [1.807, 2.05) is 18.7 Å². The number of rotatable bonds is 3. The summed E-state index contributed by atoms with van der Waals surface area (Å²) in [5.41, 5.74) is 1.97. The number of carbonyl (C=O) groups is 1. The molecular weight excluding hydrogens is 230 g/mol. The van der Waals surface area contributed by atoms with Crippen molar-refractivity contribution in [2.45, 2.75) is 39.7 Å². The number of nitrogens with zero attached hydrogens (tertiary/aromatic N) is 2. The van der Waals surface area contributed by atoms with Crippen molar-refractivity contribution in [3.63, 3.8) is 0 Å². The van der Waals surface area contributed by atoms with Crippen LogP contribution in [0, 0.1) is 13.8 Å². The first-order chi connectivity index (χ1) is 8.59. The molecule has 0 saturated carbocycles. The van der Waals surface area contributed by atoms with Gasteiger partial charge in [-0.1, -0.05) is 5.16 Å². The SMILES string of the molecule is Cc1noc(C)c1CCC(=O)N1CCNC[C@H]1C. The molecular formula is C13H21N3O2. The van der Waals surface area contributed by atoms with Gasteiger partial charge in [0.05, 0.1) is 5.69 Å². The third-order valence-electron chi connectivity index (χ3n) is 3.59. The second kappa shape index (κ2) is 5.52. The van der Waals surface area contributed by atoms with Gasteiger partial charge in [-0.05, 0) is 27.2 Å². The molecule has 1 amide bonds.